The van der Waals surface area contributed by atoms with Crippen LogP contribution >= 0.6 is 0 Å². The van der Waals surface area contributed by atoms with Crippen LogP contribution in [0.2, 0.25) is 0 Å². The number of hydrogen-bond donors (Lipinski definition) is 1. The van der Waals surface area contributed by atoms with Gasteiger partial charge in [0.2, 0.25) is 0 Å². The lowest BCUT2D eigenvalue weighted by Crippen LogP contribution is -2.46. The highest BCUT2D eigenvalue weighted by Crippen LogP contribution is 2.29. The van der Waals surface area contributed by atoms with E-state index < -0.39 is 0 Å². The third-order valence-electron chi connectivity index (χ3n) is 3.72. The number of aliphatic hydroxyl groups excluding tert-OH is 1. The van der Waals surface area contributed by atoms with E-state index in [-0.39, 0.29) is 6.10 Å². The summed E-state index contributed by atoms with van der Waals surface area (Å²) < 4.78 is 0. The molecular formula is C11H21NO. The molecule has 2 fully saturated rings. The van der Waals surface area contributed by atoms with Crippen molar-refractivity contribution < 1.29 is 5.11 Å². The second-order valence-corrected chi connectivity index (χ2v) is 4.65. The minimum atomic E-state index is -0.0469. The molecule has 0 spiro atoms. The average molecular weight is 183 g/mol. The molecule has 1 saturated heterocycles. The maximum Gasteiger partial charge on any atom is 0.0695 e. The molecule has 2 rings (SSSR count). The Hall–Kier alpha value is -0.0800. The van der Waals surface area contributed by atoms with E-state index in [4.69, 9.17) is 0 Å². The van der Waals surface area contributed by atoms with Crippen molar-refractivity contribution in [3.63, 3.8) is 0 Å². The molecule has 2 nitrogen and oxygen atoms in total. The molecule has 0 aromatic rings. The molecule has 1 unspecified atom stereocenters. The van der Waals surface area contributed by atoms with Crippen LogP contribution in [-0.4, -0.2) is 34.7 Å². The fourth-order valence-electron chi connectivity index (χ4n) is 2.93. The Kier molecular flexibility index (Phi) is 2.89. The first-order chi connectivity index (χ1) is 6.29. The normalized spacial score (nSPS) is 42.5. The van der Waals surface area contributed by atoms with Gasteiger partial charge in [0.15, 0.2) is 0 Å². The lowest BCUT2D eigenvalue weighted by Gasteiger charge is -2.37. The van der Waals surface area contributed by atoms with E-state index in [0.29, 0.717) is 12.1 Å². The SMILES string of the molecule is CC1CCCN1[C@H]1CCCC[C@@H]1O. The molecule has 1 saturated carbocycles. The highest BCUT2D eigenvalue weighted by atomic mass is 16.3. The van der Waals surface area contributed by atoms with Crippen LogP contribution in [0.25, 0.3) is 0 Å². The van der Waals surface area contributed by atoms with E-state index in [0.717, 1.165) is 6.42 Å². The molecule has 0 bridgehead atoms. The molecule has 1 aliphatic heterocycles. The molecule has 0 amide bonds. The monoisotopic (exact) mass is 183 g/mol. The van der Waals surface area contributed by atoms with Crippen LogP contribution < -0.4 is 0 Å². The van der Waals surface area contributed by atoms with Crippen molar-refractivity contribution >= 4 is 0 Å². The fraction of sp³-hybridized carbons (Fsp3) is 1.00. The summed E-state index contributed by atoms with van der Waals surface area (Å²) >= 11 is 0. The Bertz CT molecular complexity index is 171. The predicted molar refractivity (Wildman–Crippen MR) is 53.7 cm³/mol. The zero-order valence-corrected chi connectivity index (χ0v) is 8.58. The highest BCUT2D eigenvalue weighted by molar-refractivity contribution is 4.88. The molecule has 0 aromatic carbocycles. The Morgan fingerprint density at radius 3 is 2.46 bits per heavy atom. The largest absolute Gasteiger partial charge is 0.391 e. The number of aliphatic hydroxyl groups is 1. The fourth-order valence-corrected chi connectivity index (χ4v) is 2.93. The summed E-state index contributed by atoms with van der Waals surface area (Å²) in [7, 11) is 0. The van der Waals surface area contributed by atoms with E-state index in [2.05, 4.69) is 11.8 Å². The first-order valence-electron chi connectivity index (χ1n) is 5.73. The van der Waals surface area contributed by atoms with Crippen molar-refractivity contribution in [2.24, 2.45) is 0 Å². The van der Waals surface area contributed by atoms with Gasteiger partial charge in [0.25, 0.3) is 0 Å². The molecule has 2 aliphatic rings. The lowest BCUT2D eigenvalue weighted by molar-refractivity contribution is 0.0166. The van der Waals surface area contributed by atoms with Crippen LogP contribution in [0.5, 0.6) is 0 Å². The average Bonchev–Trinajstić information content (AvgIpc) is 2.52. The van der Waals surface area contributed by atoms with Gasteiger partial charge in [-0.05, 0) is 39.2 Å². The van der Waals surface area contributed by atoms with Crippen molar-refractivity contribution in [2.75, 3.05) is 6.54 Å². The molecule has 3 atom stereocenters. The zero-order chi connectivity index (χ0) is 9.26. The topological polar surface area (TPSA) is 23.5 Å². The summed E-state index contributed by atoms with van der Waals surface area (Å²) in [6, 6.07) is 1.18. The summed E-state index contributed by atoms with van der Waals surface area (Å²) in [5.74, 6) is 0. The molecule has 0 aromatic heterocycles. The predicted octanol–water partition coefficient (Wildman–Crippen LogP) is 1.77. The van der Waals surface area contributed by atoms with Crippen molar-refractivity contribution in [3.05, 3.63) is 0 Å². The Balaban J connectivity index is 1.97. The van der Waals surface area contributed by atoms with Crippen LogP contribution in [-0.2, 0) is 0 Å². The van der Waals surface area contributed by atoms with E-state index in [1.807, 2.05) is 0 Å². The van der Waals surface area contributed by atoms with Crippen LogP contribution in [0, 0.1) is 0 Å². The van der Waals surface area contributed by atoms with Gasteiger partial charge in [-0.15, -0.1) is 0 Å². The van der Waals surface area contributed by atoms with E-state index >= 15 is 0 Å². The van der Waals surface area contributed by atoms with E-state index in [9.17, 15) is 5.11 Å². The van der Waals surface area contributed by atoms with Gasteiger partial charge in [0.1, 0.15) is 0 Å². The van der Waals surface area contributed by atoms with Gasteiger partial charge in [-0.1, -0.05) is 12.8 Å². The second-order valence-electron chi connectivity index (χ2n) is 4.65. The number of likely N-dealkylation sites (tertiary alicyclic amines) is 1. The first kappa shape index (κ1) is 9.47. The molecule has 13 heavy (non-hydrogen) atoms. The van der Waals surface area contributed by atoms with Gasteiger partial charge in [0.05, 0.1) is 6.10 Å². The standard InChI is InChI=1S/C11H21NO/c1-9-5-4-8-12(9)10-6-2-3-7-11(10)13/h9-11,13H,2-8H2,1H3/t9?,10-,11-/m0/s1. The molecule has 1 heterocycles. The Morgan fingerprint density at radius 1 is 1.08 bits per heavy atom. The van der Waals surface area contributed by atoms with E-state index in [1.165, 1.54) is 38.6 Å². The van der Waals surface area contributed by atoms with Crippen molar-refractivity contribution in [3.8, 4) is 0 Å². The van der Waals surface area contributed by atoms with Crippen molar-refractivity contribution in [1.82, 2.24) is 4.90 Å². The first-order valence-corrected chi connectivity index (χ1v) is 5.73. The molecule has 76 valence electrons. The van der Waals surface area contributed by atoms with E-state index in [1.54, 1.807) is 0 Å². The third kappa shape index (κ3) is 1.89. The van der Waals surface area contributed by atoms with Crippen molar-refractivity contribution in [1.29, 1.82) is 0 Å². The molecule has 1 aliphatic carbocycles. The number of hydrogen-bond acceptors (Lipinski definition) is 2. The zero-order valence-electron chi connectivity index (χ0n) is 8.58. The van der Waals surface area contributed by atoms with Crippen LogP contribution in [0.15, 0.2) is 0 Å². The lowest BCUT2D eigenvalue weighted by atomic mass is 9.91. The molecule has 0 radical (unpaired) electrons. The van der Waals surface area contributed by atoms with Crippen LogP contribution in [0.3, 0.4) is 0 Å². The quantitative estimate of drug-likeness (QED) is 0.670. The smallest absolute Gasteiger partial charge is 0.0695 e. The second kappa shape index (κ2) is 3.97. The summed E-state index contributed by atoms with van der Waals surface area (Å²) in [4.78, 5) is 2.53. The Morgan fingerprint density at radius 2 is 1.85 bits per heavy atom. The van der Waals surface area contributed by atoms with Gasteiger partial charge >= 0.3 is 0 Å². The van der Waals surface area contributed by atoms with Crippen LogP contribution in [0.1, 0.15) is 45.4 Å². The molecular weight excluding hydrogens is 162 g/mol. The van der Waals surface area contributed by atoms with Gasteiger partial charge in [-0.25, -0.2) is 0 Å². The maximum absolute atomic E-state index is 9.91. The molecule has 2 heteroatoms. The minimum absolute atomic E-state index is 0.0469. The van der Waals surface area contributed by atoms with Crippen molar-refractivity contribution in [2.45, 2.75) is 63.6 Å². The van der Waals surface area contributed by atoms with Gasteiger partial charge < -0.3 is 5.11 Å². The summed E-state index contributed by atoms with van der Waals surface area (Å²) in [6.07, 6.45) is 7.37. The van der Waals surface area contributed by atoms with Gasteiger partial charge in [-0.2, -0.15) is 0 Å². The summed E-state index contributed by atoms with van der Waals surface area (Å²) in [5.41, 5.74) is 0. The highest BCUT2D eigenvalue weighted by Gasteiger charge is 2.33. The number of nitrogens with zero attached hydrogens (tertiary/aromatic N) is 1. The van der Waals surface area contributed by atoms with Crippen LogP contribution in [0.4, 0.5) is 0 Å². The third-order valence-corrected chi connectivity index (χ3v) is 3.72. The Labute approximate surface area is 80.9 Å². The van der Waals surface area contributed by atoms with Gasteiger partial charge in [-0.3, -0.25) is 4.90 Å². The summed E-state index contributed by atoms with van der Waals surface area (Å²) in [5, 5.41) is 9.91. The summed E-state index contributed by atoms with van der Waals surface area (Å²) in [6.45, 7) is 3.51. The van der Waals surface area contributed by atoms with Gasteiger partial charge in [0, 0.05) is 12.1 Å². The minimum Gasteiger partial charge on any atom is -0.391 e. The maximum atomic E-state index is 9.91. The molecule has 1 N–H and O–H groups in total. The number of rotatable bonds is 1.